The molecule has 1 aromatic rings. The van der Waals surface area contributed by atoms with Crippen molar-refractivity contribution in [3.63, 3.8) is 0 Å². The molecule has 2 saturated heterocycles. The summed E-state index contributed by atoms with van der Waals surface area (Å²) in [5, 5.41) is 7.81. The van der Waals surface area contributed by atoms with E-state index in [1.807, 2.05) is 0 Å². The zero-order valence-electron chi connectivity index (χ0n) is 19.4. The first-order chi connectivity index (χ1) is 16.6. The molecule has 3 aliphatic rings. The largest absolute Gasteiger partial charge is 0.461 e. The molecule has 4 rings (SSSR count). The van der Waals surface area contributed by atoms with Crippen LogP contribution in [0.5, 0.6) is 11.5 Å². The van der Waals surface area contributed by atoms with Crippen LogP contribution in [-0.2, 0) is 23.9 Å². The van der Waals surface area contributed by atoms with Crippen LogP contribution in [0.15, 0.2) is 18.2 Å². The second kappa shape index (κ2) is 9.25. The second-order valence-electron chi connectivity index (χ2n) is 8.46. The Morgan fingerprint density at radius 3 is 2.63 bits per heavy atom. The van der Waals surface area contributed by atoms with E-state index in [0.29, 0.717) is 40.6 Å². The van der Waals surface area contributed by atoms with E-state index in [-0.39, 0.29) is 19.8 Å². The van der Waals surface area contributed by atoms with Crippen molar-refractivity contribution in [2.75, 3.05) is 34.7 Å². The van der Waals surface area contributed by atoms with E-state index in [1.54, 1.807) is 25.1 Å². The average Bonchev–Trinajstić information content (AvgIpc) is 3.41. The van der Waals surface area contributed by atoms with Gasteiger partial charge in [-0.2, -0.15) is 5.26 Å². The van der Waals surface area contributed by atoms with Crippen LogP contribution in [0.2, 0.25) is 0 Å². The Bertz CT molecular complexity index is 1140. The molecule has 0 radical (unpaired) electrons. The van der Waals surface area contributed by atoms with Gasteiger partial charge in [0.25, 0.3) is 11.8 Å². The van der Waals surface area contributed by atoms with Crippen molar-refractivity contribution in [2.24, 2.45) is 5.41 Å². The van der Waals surface area contributed by atoms with Crippen molar-refractivity contribution in [3.8, 4) is 17.6 Å². The van der Waals surface area contributed by atoms with Gasteiger partial charge in [0.1, 0.15) is 6.61 Å². The number of likely N-dealkylation sites (N-methyl/N-ethyl adjacent to an activating group) is 1. The summed E-state index contributed by atoms with van der Waals surface area (Å²) < 4.78 is 20.5. The van der Waals surface area contributed by atoms with Crippen molar-refractivity contribution in [2.45, 2.75) is 29.6 Å². The third-order valence-electron chi connectivity index (χ3n) is 6.20. The Morgan fingerprint density at radius 1 is 1.26 bits per heavy atom. The summed E-state index contributed by atoms with van der Waals surface area (Å²) in [6.07, 6.45) is -0.111. The van der Waals surface area contributed by atoms with E-state index < -0.39 is 43.9 Å². The summed E-state index contributed by atoms with van der Waals surface area (Å²) in [5.74, 6) is -0.211. The number of nitriles is 1. The number of fused-ring (bicyclic) bond motifs is 2. The molecule has 1 aromatic carbocycles. The number of piperazine rings is 1. The van der Waals surface area contributed by atoms with Gasteiger partial charge in [-0.05, 0) is 48.1 Å². The van der Waals surface area contributed by atoms with E-state index in [2.05, 4.69) is 6.07 Å². The minimum atomic E-state index is -1.71. The molecule has 0 saturated carbocycles. The smallest absolute Gasteiger partial charge is 0.369 e. The summed E-state index contributed by atoms with van der Waals surface area (Å²) in [4.78, 5) is 53.3. The fourth-order valence-corrected chi connectivity index (χ4v) is 6.95. The van der Waals surface area contributed by atoms with Crippen molar-refractivity contribution in [1.82, 2.24) is 9.80 Å². The first-order valence-electron chi connectivity index (χ1n) is 10.5. The van der Waals surface area contributed by atoms with Crippen LogP contribution in [0.25, 0.3) is 0 Å². The number of carbonyl (C=O) groups excluding carboxylic acids is 4. The standard InChI is InChI=1S/C22H23N3O8S2/c1-21(10-23)9-22(35-15(26)8-30-3)19(28)24(2)18(34-20(29)31-4)17(27)25(22)16(21)12-5-6-13-14(7-12)33-11-32-13/h5-7,16,18H,8-9,11H2,1-4H3/t16-,18-,21+,22-/m0/s1. The number of nitrogens with zero attached hydrogens (tertiary/aromatic N) is 3. The van der Waals surface area contributed by atoms with Crippen LogP contribution in [0.1, 0.15) is 24.9 Å². The molecule has 2 fully saturated rings. The topological polar surface area (TPSA) is 135 Å². The van der Waals surface area contributed by atoms with Gasteiger partial charge in [-0.25, -0.2) is 4.79 Å². The molecule has 2 amide bonds. The van der Waals surface area contributed by atoms with Crippen LogP contribution in [-0.4, -0.2) is 76.9 Å². The Morgan fingerprint density at radius 2 is 1.97 bits per heavy atom. The molecule has 3 aliphatic heterocycles. The van der Waals surface area contributed by atoms with E-state index in [0.717, 1.165) is 4.90 Å². The number of thioether (sulfide) groups is 2. The maximum Gasteiger partial charge on any atom is 0.369 e. The summed E-state index contributed by atoms with van der Waals surface area (Å²) >= 11 is 1.21. The highest BCUT2D eigenvalue weighted by Gasteiger charge is 2.69. The fourth-order valence-electron chi connectivity index (χ4n) is 4.76. The highest BCUT2D eigenvalue weighted by Crippen LogP contribution is 2.61. The van der Waals surface area contributed by atoms with E-state index in [9.17, 15) is 24.4 Å². The van der Waals surface area contributed by atoms with Crippen molar-refractivity contribution >= 4 is 45.8 Å². The van der Waals surface area contributed by atoms with Crippen molar-refractivity contribution in [3.05, 3.63) is 23.8 Å². The number of methoxy groups -OCH3 is 2. The molecule has 0 bridgehead atoms. The Hall–Kier alpha value is -2.95. The summed E-state index contributed by atoms with van der Waals surface area (Å²) in [5.41, 5.74) is -0.724. The lowest BCUT2D eigenvalue weighted by atomic mass is 9.79. The monoisotopic (exact) mass is 521 g/mol. The normalized spacial score (nSPS) is 29.1. The van der Waals surface area contributed by atoms with E-state index in [4.69, 9.17) is 18.9 Å². The van der Waals surface area contributed by atoms with Crippen LogP contribution in [0, 0.1) is 16.7 Å². The molecule has 35 heavy (non-hydrogen) atoms. The van der Waals surface area contributed by atoms with Crippen molar-refractivity contribution in [1.29, 1.82) is 5.26 Å². The van der Waals surface area contributed by atoms with Gasteiger partial charge in [0.05, 0.1) is 24.6 Å². The number of hydrogen-bond donors (Lipinski definition) is 0. The molecule has 3 heterocycles. The lowest BCUT2D eigenvalue weighted by Gasteiger charge is -2.48. The van der Waals surface area contributed by atoms with Crippen LogP contribution in [0.4, 0.5) is 4.79 Å². The Kier molecular flexibility index (Phi) is 6.65. The van der Waals surface area contributed by atoms with Crippen molar-refractivity contribution < 1.29 is 38.1 Å². The van der Waals surface area contributed by atoms with Gasteiger partial charge in [0, 0.05) is 20.6 Å². The molecular weight excluding hydrogens is 498 g/mol. The predicted octanol–water partition coefficient (Wildman–Crippen LogP) is 2.12. The first-order valence-corrected chi connectivity index (χ1v) is 12.2. The van der Waals surface area contributed by atoms with Gasteiger partial charge in [-0.1, -0.05) is 6.07 Å². The zero-order valence-corrected chi connectivity index (χ0v) is 21.1. The molecule has 0 aliphatic carbocycles. The molecule has 0 spiro atoms. The van der Waals surface area contributed by atoms with Gasteiger partial charge in [-0.15, -0.1) is 0 Å². The van der Waals surface area contributed by atoms with Crippen LogP contribution in [0.3, 0.4) is 0 Å². The highest BCUT2D eigenvalue weighted by molar-refractivity contribution is 8.15. The van der Waals surface area contributed by atoms with E-state index >= 15 is 0 Å². The number of amides is 2. The summed E-state index contributed by atoms with van der Waals surface area (Å²) in [7, 11) is 3.91. The summed E-state index contributed by atoms with van der Waals surface area (Å²) in [6.45, 7) is 1.39. The summed E-state index contributed by atoms with van der Waals surface area (Å²) in [6, 6.07) is 6.39. The van der Waals surface area contributed by atoms with Gasteiger partial charge in [0.2, 0.25) is 11.9 Å². The molecule has 0 aromatic heterocycles. The van der Waals surface area contributed by atoms with Gasteiger partial charge >= 0.3 is 5.30 Å². The quantitative estimate of drug-likeness (QED) is 0.527. The number of benzene rings is 1. The average molecular weight is 522 g/mol. The lowest BCUT2D eigenvalue weighted by Crippen LogP contribution is -2.67. The molecule has 11 nitrogen and oxygen atoms in total. The molecular formula is C22H23N3O8S2. The minimum absolute atomic E-state index is 0.0358. The van der Waals surface area contributed by atoms with Gasteiger partial charge in [0.15, 0.2) is 21.7 Å². The van der Waals surface area contributed by atoms with Crippen LogP contribution < -0.4 is 9.47 Å². The van der Waals surface area contributed by atoms with E-state index in [1.165, 1.54) is 26.2 Å². The second-order valence-corrected chi connectivity index (χ2v) is 10.8. The number of carbonyl (C=O) groups is 4. The first kappa shape index (κ1) is 25.2. The van der Waals surface area contributed by atoms with Gasteiger partial charge < -0.3 is 28.7 Å². The molecule has 0 N–H and O–H groups in total. The number of rotatable bonds is 5. The SMILES string of the molecule is COCC(=O)S[C@]12C[C@](C)(C#N)[C@H](c3ccc4c(c3)OCO4)N1C(=O)[C@H](SC(=O)OC)N(C)C2=O. The highest BCUT2D eigenvalue weighted by atomic mass is 32.2. The van der Waals surface area contributed by atoms with Gasteiger partial charge in [-0.3, -0.25) is 14.4 Å². The Labute approximate surface area is 210 Å². The fraction of sp³-hybridized carbons (Fsp3) is 0.500. The number of ether oxygens (including phenoxy) is 4. The maximum atomic E-state index is 14.0. The molecule has 0 unspecified atom stereocenters. The minimum Gasteiger partial charge on any atom is -0.461 e. The molecule has 4 atom stereocenters. The number of hydrogen-bond acceptors (Lipinski definition) is 11. The lowest BCUT2D eigenvalue weighted by molar-refractivity contribution is -0.158. The third-order valence-corrected chi connectivity index (χ3v) is 8.50. The third kappa shape index (κ3) is 3.99. The van der Waals surface area contributed by atoms with Crippen LogP contribution >= 0.6 is 23.5 Å². The maximum absolute atomic E-state index is 14.0. The molecule has 13 heteroatoms. The molecule has 186 valence electrons. The predicted molar refractivity (Wildman–Crippen MR) is 124 cm³/mol. The Balaban J connectivity index is 1.88. The zero-order chi connectivity index (χ0) is 25.5.